The lowest BCUT2D eigenvalue weighted by molar-refractivity contribution is -0.118. The molecular formula is C13H13NO3S. The summed E-state index contributed by atoms with van der Waals surface area (Å²) in [4.78, 5) is 12.3. The first kappa shape index (κ1) is 12.6. The Bertz CT molecular complexity index is 511. The molecule has 0 saturated heterocycles. The maximum Gasteiger partial charge on any atom is 0.230 e. The molecule has 94 valence electrons. The van der Waals surface area contributed by atoms with Gasteiger partial charge in [0.15, 0.2) is 0 Å². The molecule has 18 heavy (non-hydrogen) atoms. The Morgan fingerprint density at radius 1 is 1.28 bits per heavy atom. The monoisotopic (exact) mass is 263 g/mol. The lowest BCUT2D eigenvalue weighted by Gasteiger charge is -2.04. The molecule has 5 heteroatoms. The van der Waals surface area contributed by atoms with Crippen LogP contribution in [0.25, 0.3) is 0 Å². The van der Waals surface area contributed by atoms with Gasteiger partial charge in [-0.05, 0) is 24.3 Å². The van der Waals surface area contributed by atoms with Gasteiger partial charge < -0.3 is 14.8 Å². The highest BCUT2D eigenvalue weighted by Gasteiger charge is 2.06. The normalized spacial score (nSPS) is 10.2. The molecule has 2 aromatic rings. The summed E-state index contributed by atoms with van der Waals surface area (Å²) in [5.74, 6) is 1.08. The average molecular weight is 263 g/mol. The number of furan rings is 1. The fraction of sp³-hybridized carbons (Fsp3) is 0.154. The molecule has 4 nitrogen and oxygen atoms in total. The number of para-hydroxylation sites is 1. The van der Waals surface area contributed by atoms with E-state index in [1.54, 1.807) is 36.6 Å². The number of carbonyl (C=O) groups excluding carboxylic acids is 1. The fourth-order valence-electron chi connectivity index (χ4n) is 1.37. The first-order chi connectivity index (χ1) is 8.75. The SMILES string of the molecule is O=C(CSc1ccccc1O)NCc1ccco1. The molecule has 0 bridgehead atoms. The maximum atomic E-state index is 11.6. The van der Waals surface area contributed by atoms with E-state index in [2.05, 4.69) is 5.32 Å². The zero-order valence-electron chi connectivity index (χ0n) is 9.63. The summed E-state index contributed by atoms with van der Waals surface area (Å²) in [7, 11) is 0. The van der Waals surface area contributed by atoms with Crippen molar-refractivity contribution in [3.05, 3.63) is 48.4 Å². The number of thioether (sulfide) groups is 1. The Balaban J connectivity index is 1.77. The summed E-state index contributed by atoms with van der Waals surface area (Å²) >= 11 is 1.30. The van der Waals surface area contributed by atoms with E-state index in [1.807, 2.05) is 6.07 Å². The second-order valence-corrected chi connectivity index (χ2v) is 4.63. The van der Waals surface area contributed by atoms with E-state index in [0.29, 0.717) is 11.4 Å². The molecule has 1 amide bonds. The highest BCUT2D eigenvalue weighted by atomic mass is 32.2. The van der Waals surface area contributed by atoms with Crippen LogP contribution in [0.2, 0.25) is 0 Å². The molecule has 0 aliphatic carbocycles. The van der Waals surface area contributed by atoms with Crippen LogP contribution in [0.5, 0.6) is 5.75 Å². The quantitative estimate of drug-likeness (QED) is 0.813. The molecule has 0 unspecified atom stereocenters. The van der Waals surface area contributed by atoms with E-state index in [-0.39, 0.29) is 17.4 Å². The lowest BCUT2D eigenvalue weighted by atomic mass is 10.3. The summed E-state index contributed by atoms with van der Waals surface area (Å²) in [6.45, 7) is 0.382. The predicted molar refractivity (Wildman–Crippen MR) is 69.4 cm³/mol. The van der Waals surface area contributed by atoms with Crippen molar-refractivity contribution in [2.45, 2.75) is 11.4 Å². The third kappa shape index (κ3) is 3.56. The molecule has 2 rings (SSSR count). The molecule has 1 aromatic heterocycles. The van der Waals surface area contributed by atoms with Crippen molar-refractivity contribution in [1.29, 1.82) is 0 Å². The predicted octanol–water partition coefficient (Wildman–Crippen LogP) is 2.39. The first-order valence-electron chi connectivity index (χ1n) is 5.45. The number of nitrogens with one attached hydrogen (secondary N) is 1. The number of amides is 1. The number of benzene rings is 1. The van der Waals surface area contributed by atoms with E-state index in [0.717, 1.165) is 5.76 Å². The van der Waals surface area contributed by atoms with Crippen LogP contribution >= 0.6 is 11.8 Å². The van der Waals surface area contributed by atoms with Gasteiger partial charge in [-0.2, -0.15) is 0 Å². The Morgan fingerprint density at radius 2 is 2.11 bits per heavy atom. The molecule has 0 aliphatic heterocycles. The van der Waals surface area contributed by atoms with Gasteiger partial charge in [-0.3, -0.25) is 4.79 Å². The van der Waals surface area contributed by atoms with Crippen molar-refractivity contribution in [3.63, 3.8) is 0 Å². The molecule has 0 spiro atoms. The number of hydrogen-bond acceptors (Lipinski definition) is 4. The van der Waals surface area contributed by atoms with Gasteiger partial charge in [0.1, 0.15) is 11.5 Å². The van der Waals surface area contributed by atoms with Crippen LogP contribution in [0, 0.1) is 0 Å². The summed E-state index contributed by atoms with van der Waals surface area (Å²) in [5.41, 5.74) is 0. The van der Waals surface area contributed by atoms with Gasteiger partial charge in [0.25, 0.3) is 0 Å². The van der Waals surface area contributed by atoms with E-state index in [1.165, 1.54) is 11.8 Å². The zero-order valence-corrected chi connectivity index (χ0v) is 10.4. The van der Waals surface area contributed by atoms with Crippen molar-refractivity contribution in [1.82, 2.24) is 5.32 Å². The van der Waals surface area contributed by atoms with Crippen LogP contribution in [0.15, 0.2) is 52.0 Å². The third-order valence-corrected chi connectivity index (χ3v) is 3.33. The van der Waals surface area contributed by atoms with Gasteiger partial charge in [-0.25, -0.2) is 0 Å². The molecule has 2 N–H and O–H groups in total. The van der Waals surface area contributed by atoms with Crippen molar-refractivity contribution in [3.8, 4) is 5.75 Å². The minimum absolute atomic E-state index is 0.0975. The van der Waals surface area contributed by atoms with Gasteiger partial charge in [0, 0.05) is 4.90 Å². The second-order valence-electron chi connectivity index (χ2n) is 3.61. The lowest BCUT2D eigenvalue weighted by Crippen LogP contribution is -2.24. The summed E-state index contributed by atoms with van der Waals surface area (Å²) in [5, 5.41) is 12.3. The summed E-state index contributed by atoms with van der Waals surface area (Å²) in [6.07, 6.45) is 1.57. The van der Waals surface area contributed by atoms with Gasteiger partial charge in [-0.1, -0.05) is 12.1 Å². The van der Waals surface area contributed by atoms with Crippen LogP contribution in [0.1, 0.15) is 5.76 Å². The standard InChI is InChI=1S/C13H13NO3S/c15-11-5-1-2-6-12(11)18-9-13(16)14-8-10-4-3-7-17-10/h1-7,15H,8-9H2,(H,14,16). The van der Waals surface area contributed by atoms with E-state index < -0.39 is 0 Å². The highest BCUT2D eigenvalue weighted by molar-refractivity contribution is 8.00. The zero-order chi connectivity index (χ0) is 12.8. The highest BCUT2D eigenvalue weighted by Crippen LogP contribution is 2.27. The molecule has 1 heterocycles. The second kappa shape index (κ2) is 6.16. The Morgan fingerprint density at radius 3 is 2.83 bits per heavy atom. The van der Waals surface area contributed by atoms with Gasteiger partial charge >= 0.3 is 0 Å². The molecule has 1 aromatic carbocycles. The fourth-order valence-corrected chi connectivity index (χ4v) is 2.15. The van der Waals surface area contributed by atoms with Crippen LogP contribution in [0.3, 0.4) is 0 Å². The van der Waals surface area contributed by atoms with Crippen molar-refractivity contribution in [2.24, 2.45) is 0 Å². The third-order valence-electron chi connectivity index (χ3n) is 2.26. The van der Waals surface area contributed by atoms with Crippen molar-refractivity contribution >= 4 is 17.7 Å². The first-order valence-corrected chi connectivity index (χ1v) is 6.44. The molecule has 0 fully saturated rings. The van der Waals surface area contributed by atoms with E-state index in [9.17, 15) is 9.90 Å². The van der Waals surface area contributed by atoms with Gasteiger partial charge in [0.05, 0.1) is 18.6 Å². The van der Waals surface area contributed by atoms with Crippen molar-refractivity contribution in [2.75, 3.05) is 5.75 Å². The van der Waals surface area contributed by atoms with Crippen LogP contribution in [-0.4, -0.2) is 16.8 Å². The average Bonchev–Trinajstić information content (AvgIpc) is 2.88. The smallest absolute Gasteiger partial charge is 0.230 e. The van der Waals surface area contributed by atoms with Gasteiger partial charge in [0.2, 0.25) is 5.91 Å². The van der Waals surface area contributed by atoms with Crippen LogP contribution in [-0.2, 0) is 11.3 Å². The number of phenols is 1. The topological polar surface area (TPSA) is 62.5 Å². The number of rotatable bonds is 5. The summed E-state index contributed by atoms with van der Waals surface area (Å²) < 4.78 is 5.10. The number of phenolic OH excluding ortho intramolecular Hbond substituents is 1. The maximum absolute atomic E-state index is 11.6. The molecule has 0 saturated carbocycles. The van der Waals surface area contributed by atoms with E-state index >= 15 is 0 Å². The minimum Gasteiger partial charge on any atom is -0.507 e. The molecule has 0 atom stereocenters. The number of carbonyl (C=O) groups is 1. The summed E-state index contributed by atoms with van der Waals surface area (Å²) in [6, 6.07) is 10.5. The number of hydrogen-bond donors (Lipinski definition) is 2. The molecule has 0 aliphatic rings. The van der Waals surface area contributed by atoms with Crippen LogP contribution in [0.4, 0.5) is 0 Å². The van der Waals surface area contributed by atoms with E-state index in [4.69, 9.17) is 4.42 Å². The largest absolute Gasteiger partial charge is 0.507 e. The molecule has 0 radical (unpaired) electrons. The van der Waals surface area contributed by atoms with Crippen LogP contribution < -0.4 is 5.32 Å². The minimum atomic E-state index is -0.0975. The van der Waals surface area contributed by atoms with Crippen molar-refractivity contribution < 1.29 is 14.3 Å². The molecular weight excluding hydrogens is 250 g/mol. The Hall–Kier alpha value is -1.88. The van der Waals surface area contributed by atoms with Gasteiger partial charge in [-0.15, -0.1) is 11.8 Å². The Kier molecular flexibility index (Phi) is 4.30. The number of aromatic hydroxyl groups is 1. The Labute approximate surface area is 109 Å².